The maximum atomic E-state index is 12.5. The van der Waals surface area contributed by atoms with Gasteiger partial charge in [0.05, 0.1) is 13.2 Å². The van der Waals surface area contributed by atoms with Gasteiger partial charge >= 0.3 is 12.1 Å². The van der Waals surface area contributed by atoms with Crippen LogP contribution in [0.1, 0.15) is 85.5 Å². The molecule has 1 unspecified atom stereocenters. The highest BCUT2D eigenvalue weighted by Gasteiger charge is 2.31. The van der Waals surface area contributed by atoms with Crippen LogP contribution in [-0.4, -0.2) is 42.8 Å². The first-order valence-corrected chi connectivity index (χ1v) is 9.72. The highest BCUT2D eigenvalue weighted by molar-refractivity contribution is 5.81. The zero-order valence-corrected chi connectivity index (χ0v) is 16.1. The summed E-state index contributed by atoms with van der Waals surface area (Å²) in [6.07, 6.45) is 8.14. The van der Waals surface area contributed by atoms with E-state index in [0.29, 0.717) is 26.2 Å². The van der Waals surface area contributed by atoms with Crippen molar-refractivity contribution < 1.29 is 19.1 Å². The number of carbonyl (C=O) groups is 2. The molecule has 1 atom stereocenters. The molecule has 0 radical (unpaired) electrons. The van der Waals surface area contributed by atoms with E-state index < -0.39 is 12.1 Å². The van der Waals surface area contributed by atoms with Crippen LogP contribution >= 0.6 is 0 Å². The van der Waals surface area contributed by atoms with Crippen molar-refractivity contribution in [3.63, 3.8) is 0 Å². The van der Waals surface area contributed by atoms with Gasteiger partial charge in [-0.1, -0.05) is 59.3 Å². The molecule has 0 spiro atoms. The lowest BCUT2D eigenvalue weighted by atomic mass is 10.1. The van der Waals surface area contributed by atoms with Crippen LogP contribution in [0.3, 0.4) is 0 Å². The van der Waals surface area contributed by atoms with Crippen LogP contribution in [0.15, 0.2) is 0 Å². The maximum absolute atomic E-state index is 12.5. The molecule has 1 amide bonds. The lowest BCUT2D eigenvalue weighted by molar-refractivity contribution is -0.150. The van der Waals surface area contributed by atoms with Crippen molar-refractivity contribution in [1.29, 1.82) is 0 Å². The average molecular weight is 344 g/mol. The Balaban J connectivity index is 4.92. The monoisotopic (exact) mass is 343 g/mol. The highest BCUT2D eigenvalue weighted by Crippen LogP contribution is 2.15. The van der Waals surface area contributed by atoms with Crippen LogP contribution in [-0.2, 0) is 14.3 Å². The second kappa shape index (κ2) is 15.3. The zero-order chi connectivity index (χ0) is 18.2. The molecule has 0 aromatic rings. The summed E-state index contributed by atoms with van der Waals surface area (Å²) in [6.45, 7) is 9.36. The van der Waals surface area contributed by atoms with Gasteiger partial charge in [0.1, 0.15) is 6.04 Å². The van der Waals surface area contributed by atoms with Crippen molar-refractivity contribution in [1.82, 2.24) is 4.90 Å². The summed E-state index contributed by atoms with van der Waals surface area (Å²) in [6, 6.07) is -0.525. The lowest BCUT2D eigenvalue weighted by Crippen LogP contribution is -2.46. The number of hydrogen-bond donors (Lipinski definition) is 0. The first kappa shape index (κ1) is 22.7. The third-order valence-corrected chi connectivity index (χ3v) is 3.98. The number of nitrogens with zero attached hydrogens (tertiary/aromatic N) is 1. The molecule has 142 valence electrons. The Labute approximate surface area is 148 Å². The summed E-state index contributed by atoms with van der Waals surface area (Å²) >= 11 is 0. The topological polar surface area (TPSA) is 55.8 Å². The Morgan fingerprint density at radius 2 is 1.50 bits per heavy atom. The Morgan fingerprint density at radius 3 is 2.08 bits per heavy atom. The van der Waals surface area contributed by atoms with Crippen LogP contribution in [0, 0.1) is 0 Å². The molecule has 24 heavy (non-hydrogen) atoms. The Hall–Kier alpha value is -1.26. The standard InChI is InChI=1S/C19H37NO4/c1-5-9-12-13-15-20(19(22)23-8-4)17(14-10-6-2)18(21)24-16-11-7-3/h17H,5-16H2,1-4H3. The molecule has 0 aromatic heterocycles. The largest absolute Gasteiger partial charge is 0.464 e. The van der Waals surface area contributed by atoms with Crippen LogP contribution in [0.2, 0.25) is 0 Å². The van der Waals surface area contributed by atoms with Gasteiger partial charge in [-0.05, 0) is 26.2 Å². The number of amides is 1. The van der Waals surface area contributed by atoms with E-state index in [1.54, 1.807) is 11.8 Å². The summed E-state index contributed by atoms with van der Waals surface area (Å²) in [7, 11) is 0. The van der Waals surface area contributed by atoms with E-state index >= 15 is 0 Å². The van der Waals surface area contributed by atoms with E-state index in [4.69, 9.17) is 9.47 Å². The minimum atomic E-state index is -0.525. The first-order valence-electron chi connectivity index (χ1n) is 9.72. The molecule has 0 N–H and O–H groups in total. The van der Waals surface area contributed by atoms with Gasteiger partial charge in [0.25, 0.3) is 0 Å². The van der Waals surface area contributed by atoms with E-state index in [9.17, 15) is 9.59 Å². The number of rotatable bonds is 14. The number of hydrogen-bond acceptors (Lipinski definition) is 4. The zero-order valence-electron chi connectivity index (χ0n) is 16.1. The third-order valence-electron chi connectivity index (χ3n) is 3.98. The molecular formula is C19H37NO4. The second-order valence-corrected chi connectivity index (χ2v) is 6.13. The number of carbonyl (C=O) groups excluding carboxylic acids is 2. The van der Waals surface area contributed by atoms with Crippen LogP contribution in [0.5, 0.6) is 0 Å². The first-order chi connectivity index (χ1) is 11.6. The normalized spacial score (nSPS) is 11.8. The maximum Gasteiger partial charge on any atom is 0.410 e. The van der Waals surface area contributed by atoms with E-state index in [-0.39, 0.29) is 5.97 Å². The molecule has 0 aliphatic rings. The molecule has 0 aliphatic heterocycles. The molecule has 0 aliphatic carbocycles. The molecule has 0 bridgehead atoms. The van der Waals surface area contributed by atoms with Crippen molar-refractivity contribution in [2.45, 2.75) is 91.5 Å². The molecule has 0 heterocycles. The Kier molecular flexibility index (Phi) is 14.5. The minimum Gasteiger partial charge on any atom is -0.464 e. The van der Waals surface area contributed by atoms with Crippen molar-refractivity contribution >= 4 is 12.1 Å². The average Bonchev–Trinajstić information content (AvgIpc) is 2.57. The fourth-order valence-electron chi connectivity index (χ4n) is 2.50. The van der Waals surface area contributed by atoms with Gasteiger partial charge in [-0.15, -0.1) is 0 Å². The Bertz CT molecular complexity index is 333. The van der Waals surface area contributed by atoms with E-state index in [1.165, 1.54) is 0 Å². The molecule has 5 nitrogen and oxygen atoms in total. The SMILES string of the molecule is CCCCCCN(C(=O)OCC)C(CCCC)C(=O)OCCCC. The van der Waals surface area contributed by atoms with E-state index in [0.717, 1.165) is 51.4 Å². The number of unbranched alkanes of at least 4 members (excludes halogenated alkanes) is 5. The highest BCUT2D eigenvalue weighted by atomic mass is 16.6. The Morgan fingerprint density at radius 1 is 0.833 bits per heavy atom. The summed E-state index contributed by atoms with van der Waals surface area (Å²) in [5.74, 6) is -0.291. The number of esters is 1. The van der Waals surface area contributed by atoms with Gasteiger partial charge in [-0.3, -0.25) is 4.90 Å². The van der Waals surface area contributed by atoms with Crippen LogP contribution in [0.25, 0.3) is 0 Å². The third kappa shape index (κ3) is 9.78. The molecule has 5 heteroatoms. The van der Waals surface area contributed by atoms with Crippen molar-refractivity contribution in [3.05, 3.63) is 0 Å². The fourth-order valence-corrected chi connectivity index (χ4v) is 2.50. The van der Waals surface area contributed by atoms with Gasteiger partial charge in [0.2, 0.25) is 0 Å². The van der Waals surface area contributed by atoms with Crippen LogP contribution in [0.4, 0.5) is 4.79 Å². The molecular weight excluding hydrogens is 306 g/mol. The van der Waals surface area contributed by atoms with Crippen molar-refractivity contribution in [2.75, 3.05) is 19.8 Å². The summed E-state index contributed by atoms with van der Waals surface area (Å²) in [5.41, 5.74) is 0. The molecule has 0 fully saturated rings. The summed E-state index contributed by atoms with van der Waals surface area (Å²) in [5, 5.41) is 0. The van der Waals surface area contributed by atoms with Crippen molar-refractivity contribution in [2.24, 2.45) is 0 Å². The quantitative estimate of drug-likeness (QED) is 0.331. The number of ether oxygens (including phenoxy) is 2. The van der Waals surface area contributed by atoms with Gasteiger partial charge < -0.3 is 9.47 Å². The summed E-state index contributed by atoms with van der Waals surface area (Å²) < 4.78 is 10.6. The van der Waals surface area contributed by atoms with E-state index in [2.05, 4.69) is 20.8 Å². The minimum absolute atomic E-state index is 0.291. The second-order valence-electron chi connectivity index (χ2n) is 6.13. The van der Waals surface area contributed by atoms with Gasteiger partial charge in [-0.25, -0.2) is 9.59 Å². The molecule has 0 rings (SSSR count). The lowest BCUT2D eigenvalue weighted by Gasteiger charge is -2.29. The molecule has 0 aromatic carbocycles. The van der Waals surface area contributed by atoms with E-state index in [1.807, 2.05) is 0 Å². The predicted molar refractivity (Wildman–Crippen MR) is 97.1 cm³/mol. The van der Waals surface area contributed by atoms with Gasteiger partial charge in [0.15, 0.2) is 0 Å². The molecule has 0 saturated carbocycles. The van der Waals surface area contributed by atoms with Gasteiger partial charge in [0, 0.05) is 6.54 Å². The van der Waals surface area contributed by atoms with Gasteiger partial charge in [-0.2, -0.15) is 0 Å². The molecule has 0 saturated heterocycles. The summed E-state index contributed by atoms with van der Waals surface area (Å²) in [4.78, 5) is 26.4. The van der Waals surface area contributed by atoms with Crippen LogP contribution < -0.4 is 0 Å². The fraction of sp³-hybridized carbons (Fsp3) is 0.895. The smallest absolute Gasteiger partial charge is 0.410 e. The predicted octanol–water partition coefficient (Wildman–Crippen LogP) is 4.93. The van der Waals surface area contributed by atoms with Crippen molar-refractivity contribution in [3.8, 4) is 0 Å².